The predicted octanol–water partition coefficient (Wildman–Crippen LogP) is 2.72. The molecule has 1 atom stereocenters. The van der Waals surface area contributed by atoms with Crippen molar-refractivity contribution in [3.05, 3.63) is 65.2 Å². The van der Waals surface area contributed by atoms with Crippen LogP contribution in [0, 0.1) is 6.92 Å². The molecule has 0 radical (unpaired) electrons. The van der Waals surface area contributed by atoms with Crippen molar-refractivity contribution in [2.75, 3.05) is 11.9 Å². The first-order chi connectivity index (χ1) is 13.0. The van der Waals surface area contributed by atoms with Gasteiger partial charge in [0.2, 0.25) is 5.91 Å². The van der Waals surface area contributed by atoms with Crippen molar-refractivity contribution in [2.24, 2.45) is 0 Å². The number of anilines is 1. The zero-order valence-electron chi connectivity index (χ0n) is 15.1. The molecular formula is C21H21N3O3. The van der Waals surface area contributed by atoms with Gasteiger partial charge in [-0.1, -0.05) is 36.4 Å². The topological polar surface area (TPSA) is 78.5 Å². The lowest BCUT2D eigenvalue weighted by atomic mass is 9.76. The van der Waals surface area contributed by atoms with E-state index in [-0.39, 0.29) is 12.5 Å². The number of urea groups is 1. The van der Waals surface area contributed by atoms with E-state index in [0.29, 0.717) is 12.1 Å². The SMILES string of the molecule is Cc1cccc(NC(=O)CN2C(=O)N[C@]3(CCCc4ccccc43)C2=O)c1. The van der Waals surface area contributed by atoms with Crippen LogP contribution in [0.3, 0.4) is 0 Å². The van der Waals surface area contributed by atoms with Gasteiger partial charge in [-0.3, -0.25) is 14.5 Å². The molecule has 2 aromatic carbocycles. The van der Waals surface area contributed by atoms with Crippen LogP contribution in [-0.2, 0) is 21.5 Å². The Kier molecular flexibility index (Phi) is 4.18. The van der Waals surface area contributed by atoms with E-state index in [4.69, 9.17) is 0 Å². The van der Waals surface area contributed by atoms with Crippen LogP contribution >= 0.6 is 0 Å². The van der Waals surface area contributed by atoms with Crippen LogP contribution in [-0.4, -0.2) is 29.3 Å². The number of nitrogens with one attached hydrogen (secondary N) is 2. The molecule has 4 amide bonds. The molecule has 0 aromatic heterocycles. The first-order valence-corrected chi connectivity index (χ1v) is 9.09. The first-order valence-electron chi connectivity index (χ1n) is 9.09. The third-order valence-electron chi connectivity index (χ3n) is 5.25. The Bertz CT molecular complexity index is 940. The number of carbonyl (C=O) groups excluding carboxylic acids is 3. The van der Waals surface area contributed by atoms with E-state index in [0.717, 1.165) is 34.4 Å². The van der Waals surface area contributed by atoms with E-state index >= 15 is 0 Å². The lowest BCUT2D eigenvalue weighted by Gasteiger charge is -2.33. The highest BCUT2D eigenvalue weighted by Crippen LogP contribution is 2.39. The van der Waals surface area contributed by atoms with Crippen molar-refractivity contribution in [3.8, 4) is 0 Å². The molecule has 6 nitrogen and oxygen atoms in total. The Morgan fingerprint density at radius 2 is 2.00 bits per heavy atom. The number of carbonyl (C=O) groups is 3. The zero-order chi connectivity index (χ0) is 19.0. The molecule has 4 rings (SSSR count). The van der Waals surface area contributed by atoms with Crippen LogP contribution in [0.25, 0.3) is 0 Å². The van der Waals surface area contributed by atoms with Gasteiger partial charge in [0.15, 0.2) is 0 Å². The fourth-order valence-corrected chi connectivity index (χ4v) is 4.02. The molecule has 1 aliphatic heterocycles. The van der Waals surface area contributed by atoms with E-state index in [2.05, 4.69) is 10.6 Å². The molecule has 2 N–H and O–H groups in total. The molecule has 2 aromatic rings. The average molecular weight is 363 g/mol. The van der Waals surface area contributed by atoms with E-state index < -0.39 is 17.5 Å². The highest BCUT2D eigenvalue weighted by Gasteiger charge is 2.54. The lowest BCUT2D eigenvalue weighted by Crippen LogP contribution is -2.47. The number of amides is 4. The van der Waals surface area contributed by atoms with E-state index in [1.807, 2.05) is 49.4 Å². The van der Waals surface area contributed by atoms with Gasteiger partial charge in [-0.05, 0) is 55.0 Å². The average Bonchev–Trinajstić information content (AvgIpc) is 2.87. The zero-order valence-corrected chi connectivity index (χ0v) is 15.1. The molecule has 1 spiro atoms. The van der Waals surface area contributed by atoms with Gasteiger partial charge in [-0.15, -0.1) is 0 Å². The molecule has 1 aliphatic carbocycles. The summed E-state index contributed by atoms with van der Waals surface area (Å²) in [7, 11) is 0. The normalized spacial score (nSPS) is 21.1. The summed E-state index contributed by atoms with van der Waals surface area (Å²) >= 11 is 0. The maximum atomic E-state index is 13.2. The Hall–Kier alpha value is -3.15. The van der Waals surface area contributed by atoms with Gasteiger partial charge < -0.3 is 10.6 Å². The van der Waals surface area contributed by atoms with Crippen LogP contribution in [0.4, 0.5) is 10.5 Å². The number of hydrogen-bond donors (Lipinski definition) is 2. The summed E-state index contributed by atoms with van der Waals surface area (Å²) in [6, 6.07) is 14.6. The van der Waals surface area contributed by atoms with Gasteiger partial charge in [-0.25, -0.2) is 4.79 Å². The monoisotopic (exact) mass is 363 g/mol. The van der Waals surface area contributed by atoms with Gasteiger partial charge in [0.1, 0.15) is 12.1 Å². The third kappa shape index (κ3) is 2.97. The second kappa shape index (κ2) is 6.54. The number of benzene rings is 2. The minimum absolute atomic E-state index is 0.303. The number of fused-ring (bicyclic) bond motifs is 2. The third-order valence-corrected chi connectivity index (χ3v) is 5.25. The largest absolute Gasteiger partial charge is 0.325 e. The van der Waals surface area contributed by atoms with Gasteiger partial charge in [0.05, 0.1) is 0 Å². The van der Waals surface area contributed by atoms with Crippen molar-refractivity contribution in [3.63, 3.8) is 0 Å². The van der Waals surface area contributed by atoms with Crippen molar-refractivity contribution in [1.82, 2.24) is 10.2 Å². The quantitative estimate of drug-likeness (QED) is 0.823. The van der Waals surface area contributed by atoms with Crippen LogP contribution in [0.1, 0.15) is 29.5 Å². The van der Waals surface area contributed by atoms with E-state index in [1.54, 1.807) is 6.07 Å². The maximum absolute atomic E-state index is 13.2. The Labute approximate surface area is 157 Å². The molecule has 1 saturated heterocycles. The number of aryl methyl sites for hydroxylation is 2. The fourth-order valence-electron chi connectivity index (χ4n) is 4.02. The highest BCUT2D eigenvalue weighted by molar-refractivity contribution is 6.10. The van der Waals surface area contributed by atoms with Gasteiger partial charge in [-0.2, -0.15) is 0 Å². The van der Waals surface area contributed by atoms with Crippen LogP contribution in [0.2, 0.25) is 0 Å². The van der Waals surface area contributed by atoms with Crippen molar-refractivity contribution >= 4 is 23.5 Å². The second-order valence-corrected chi connectivity index (χ2v) is 7.16. The summed E-state index contributed by atoms with van der Waals surface area (Å²) in [6.45, 7) is 1.62. The molecule has 1 heterocycles. The fraction of sp³-hybridized carbons (Fsp3) is 0.286. The lowest BCUT2D eigenvalue weighted by molar-refractivity contribution is -0.134. The molecule has 2 aliphatic rings. The summed E-state index contributed by atoms with van der Waals surface area (Å²) in [6.07, 6.45) is 2.24. The summed E-state index contributed by atoms with van der Waals surface area (Å²) in [5.41, 5.74) is 2.53. The summed E-state index contributed by atoms with van der Waals surface area (Å²) < 4.78 is 0. The number of nitrogens with zero attached hydrogens (tertiary/aromatic N) is 1. The Balaban J connectivity index is 1.55. The van der Waals surface area contributed by atoms with Crippen molar-refractivity contribution < 1.29 is 14.4 Å². The smallest absolute Gasteiger partial charge is 0.325 e. The summed E-state index contributed by atoms with van der Waals surface area (Å²) in [5.74, 6) is -0.746. The van der Waals surface area contributed by atoms with Crippen LogP contribution in [0.15, 0.2) is 48.5 Å². The van der Waals surface area contributed by atoms with Crippen molar-refractivity contribution in [2.45, 2.75) is 31.7 Å². The number of hydrogen-bond acceptors (Lipinski definition) is 3. The summed E-state index contributed by atoms with van der Waals surface area (Å²) in [5, 5.41) is 5.61. The maximum Gasteiger partial charge on any atom is 0.325 e. The standard InChI is InChI=1S/C21H21N3O3/c1-14-6-4-9-16(12-14)22-18(25)13-24-19(26)21(23-20(24)27)11-5-8-15-7-2-3-10-17(15)21/h2-4,6-7,9-10,12H,5,8,11,13H2,1H3,(H,22,25)(H,23,27)/t21-/m0/s1. The first kappa shape index (κ1) is 17.3. The highest BCUT2D eigenvalue weighted by atomic mass is 16.2. The van der Waals surface area contributed by atoms with Gasteiger partial charge >= 0.3 is 6.03 Å². The number of rotatable bonds is 3. The van der Waals surface area contributed by atoms with E-state index in [9.17, 15) is 14.4 Å². The summed E-state index contributed by atoms with van der Waals surface area (Å²) in [4.78, 5) is 39.1. The second-order valence-electron chi connectivity index (χ2n) is 7.16. The van der Waals surface area contributed by atoms with Gasteiger partial charge in [0, 0.05) is 5.69 Å². The molecule has 0 unspecified atom stereocenters. The number of imide groups is 1. The predicted molar refractivity (Wildman–Crippen MR) is 101 cm³/mol. The molecular weight excluding hydrogens is 342 g/mol. The van der Waals surface area contributed by atoms with Crippen molar-refractivity contribution in [1.29, 1.82) is 0 Å². The molecule has 0 bridgehead atoms. The van der Waals surface area contributed by atoms with Crippen LogP contribution < -0.4 is 10.6 Å². The van der Waals surface area contributed by atoms with Crippen LogP contribution in [0.5, 0.6) is 0 Å². The molecule has 27 heavy (non-hydrogen) atoms. The molecule has 0 saturated carbocycles. The Morgan fingerprint density at radius 1 is 1.19 bits per heavy atom. The molecule has 138 valence electrons. The Morgan fingerprint density at radius 3 is 2.81 bits per heavy atom. The van der Waals surface area contributed by atoms with Gasteiger partial charge in [0.25, 0.3) is 5.91 Å². The minimum atomic E-state index is -1.05. The van der Waals surface area contributed by atoms with E-state index in [1.165, 1.54) is 0 Å². The molecule has 1 fully saturated rings. The molecule has 6 heteroatoms. The minimum Gasteiger partial charge on any atom is -0.325 e.